The van der Waals surface area contributed by atoms with Crippen molar-refractivity contribution >= 4 is 23.4 Å². The van der Waals surface area contributed by atoms with Gasteiger partial charge in [-0.05, 0) is 36.1 Å². The van der Waals surface area contributed by atoms with Gasteiger partial charge in [0.05, 0.1) is 6.42 Å². The molecule has 31 heavy (non-hydrogen) atoms. The van der Waals surface area contributed by atoms with E-state index in [1.165, 1.54) is 0 Å². The van der Waals surface area contributed by atoms with E-state index in [4.69, 9.17) is 16.3 Å². The number of benzene rings is 2. The molecule has 0 spiro atoms. The van der Waals surface area contributed by atoms with Crippen molar-refractivity contribution in [1.29, 1.82) is 0 Å². The third-order valence-electron chi connectivity index (χ3n) is 5.08. The summed E-state index contributed by atoms with van der Waals surface area (Å²) in [6, 6.07) is 15.8. The van der Waals surface area contributed by atoms with Gasteiger partial charge >= 0.3 is 0 Å². The molecule has 0 saturated carbocycles. The van der Waals surface area contributed by atoms with Crippen LogP contribution in [0.3, 0.4) is 0 Å². The fourth-order valence-corrected chi connectivity index (χ4v) is 3.53. The zero-order valence-electron chi connectivity index (χ0n) is 18.5. The number of amides is 2. The molecule has 0 heterocycles. The summed E-state index contributed by atoms with van der Waals surface area (Å²) >= 11 is 6.04. The van der Waals surface area contributed by atoms with Gasteiger partial charge in [0.15, 0.2) is 0 Å². The van der Waals surface area contributed by atoms with Crippen molar-refractivity contribution in [3.63, 3.8) is 0 Å². The number of nitrogens with zero attached hydrogens (tertiary/aromatic N) is 1. The van der Waals surface area contributed by atoms with E-state index < -0.39 is 6.04 Å². The molecule has 0 bridgehead atoms. The number of hydrogen-bond acceptors (Lipinski definition) is 3. The molecule has 2 aromatic carbocycles. The molecule has 0 saturated heterocycles. The van der Waals surface area contributed by atoms with Crippen molar-refractivity contribution in [3.05, 3.63) is 70.7 Å². The van der Waals surface area contributed by atoms with Gasteiger partial charge in [0.2, 0.25) is 11.8 Å². The maximum atomic E-state index is 13.5. The molecule has 0 radical (unpaired) electrons. The van der Waals surface area contributed by atoms with Crippen LogP contribution in [0.4, 0.5) is 0 Å². The number of hydrogen-bond donors (Lipinski definition) is 1. The van der Waals surface area contributed by atoms with Crippen LogP contribution in [0.1, 0.15) is 49.8 Å². The first-order chi connectivity index (χ1) is 15.0. The van der Waals surface area contributed by atoms with E-state index in [1.807, 2.05) is 35.2 Å². The average Bonchev–Trinajstić information content (AvgIpc) is 2.77. The summed E-state index contributed by atoms with van der Waals surface area (Å²) in [5.41, 5.74) is 1.63. The Bertz CT molecular complexity index is 786. The van der Waals surface area contributed by atoms with Gasteiger partial charge in [0.25, 0.3) is 0 Å². The fourth-order valence-electron chi connectivity index (χ4n) is 3.40. The zero-order valence-corrected chi connectivity index (χ0v) is 19.2. The normalized spacial score (nSPS) is 11.7. The number of unbranched alkanes of at least 4 members (excludes halogenated alkanes) is 2. The molecule has 0 aliphatic heterocycles. The largest absolute Gasteiger partial charge is 0.385 e. The predicted octanol–water partition coefficient (Wildman–Crippen LogP) is 4.80. The molecule has 2 rings (SSSR count). The van der Waals surface area contributed by atoms with Crippen molar-refractivity contribution in [2.75, 3.05) is 26.8 Å². The minimum Gasteiger partial charge on any atom is -0.385 e. The van der Waals surface area contributed by atoms with Crippen LogP contribution in [0.25, 0.3) is 0 Å². The lowest BCUT2D eigenvalue weighted by Gasteiger charge is -2.28. The minimum absolute atomic E-state index is 0.101. The summed E-state index contributed by atoms with van der Waals surface area (Å²) < 4.78 is 5.16. The first-order valence-corrected chi connectivity index (χ1v) is 11.3. The van der Waals surface area contributed by atoms with Crippen LogP contribution in [-0.2, 0) is 20.7 Å². The number of nitrogens with one attached hydrogen (secondary N) is 1. The lowest BCUT2D eigenvalue weighted by molar-refractivity contribution is -0.136. The Morgan fingerprint density at radius 1 is 1.00 bits per heavy atom. The highest BCUT2D eigenvalue weighted by Gasteiger charge is 2.27. The van der Waals surface area contributed by atoms with Crippen LogP contribution in [0.5, 0.6) is 0 Å². The number of halogens is 1. The van der Waals surface area contributed by atoms with Gasteiger partial charge in [0.1, 0.15) is 6.04 Å². The quantitative estimate of drug-likeness (QED) is 0.451. The SMILES string of the molecule is CCCCCN(CCCOC)C(=O)[C@H](NC(=O)Cc1ccccc1)c1ccc(Cl)cc1. The molecule has 6 heteroatoms. The zero-order chi connectivity index (χ0) is 22.5. The van der Waals surface area contributed by atoms with Gasteiger partial charge < -0.3 is 15.0 Å². The summed E-state index contributed by atoms with van der Waals surface area (Å²) in [6.07, 6.45) is 4.03. The summed E-state index contributed by atoms with van der Waals surface area (Å²) in [4.78, 5) is 28.2. The first kappa shape index (κ1) is 24.9. The molecule has 0 aliphatic carbocycles. The molecule has 1 N–H and O–H groups in total. The molecule has 0 fully saturated rings. The van der Waals surface area contributed by atoms with E-state index in [0.29, 0.717) is 24.7 Å². The number of carbonyl (C=O) groups excluding carboxylic acids is 2. The summed E-state index contributed by atoms with van der Waals surface area (Å²) in [5, 5.41) is 3.55. The van der Waals surface area contributed by atoms with Crippen LogP contribution in [-0.4, -0.2) is 43.5 Å². The minimum atomic E-state index is -0.752. The van der Waals surface area contributed by atoms with Crippen molar-refractivity contribution in [2.45, 2.75) is 45.1 Å². The highest BCUT2D eigenvalue weighted by atomic mass is 35.5. The fraction of sp³-hybridized carbons (Fsp3) is 0.440. The second-order valence-electron chi connectivity index (χ2n) is 7.59. The Kier molecular flexibility index (Phi) is 11.1. The molecule has 0 unspecified atom stereocenters. The van der Waals surface area contributed by atoms with E-state index in [-0.39, 0.29) is 18.2 Å². The maximum absolute atomic E-state index is 13.5. The number of rotatable bonds is 13. The highest BCUT2D eigenvalue weighted by molar-refractivity contribution is 6.30. The number of methoxy groups -OCH3 is 1. The Balaban J connectivity index is 2.20. The predicted molar refractivity (Wildman–Crippen MR) is 125 cm³/mol. The third-order valence-corrected chi connectivity index (χ3v) is 5.33. The number of carbonyl (C=O) groups is 2. The Morgan fingerprint density at radius 3 is 2.32 bits per heavy atom. The van der Waals surface area contributed by atoms with E-state index in [9.17, 15) is 9.59 Å². The van der Waals surface area contributed by atoms with Crippen molar-refractivity contribution < 1.29 is 14.3 Å². The third kappa shape index (κ3) is 8.72. The van der Waals surface area contributed by atoms with Crippen molar-refractivity contribution in [2.24, 2.45) is 0 Å². The van der Waals surface area contributed by atoms with Crippen LogP contribution in [0.15, 0.2) is 54.6 Å². The van der Waals surface area contributed by atoms with Gasteiger partial charge in [-0.15, -0.1) is 0 Å². The summed E-state index contributed by atoms with van der Waals surface area (Å²) in [7, 11) is 1.66. The van der Waals surface area contributed by atoms with Gasteiger partial charge in [-0.1, -0.05) is 73.8 Å². The molecule has 2 aromatic rings. The second-order valence-corrected chi connectivity index (χ2v) is 8.03. The van der Waals surface area contributed by atoms with E-state index in [2.05, 4.69) is 12.2 Å². The Labute approximate surface area is 190 Å². The van der Waals surface area contributed by atoms with Gasteiger partial charge in [-0.3, -0.25) is 9.59 Å². The number of ether oxygens (including phenoxy) is 1. The molecule has 1 atom stereocenters. The van der Waals surface area contributed by atoms with E-state index >= 15 is 0 Å². The monoisotopic (exact) mass is 444 g/mol. The Morgan fingerprint density at radius 2 is 1.68 bits per heavy atom. The molecule has 0 aromatic heterocycles. The topological polar surface area (TPSA) is 58.6 Å². The maximum Gasteiger partial charge on any atom is 0.249 e. The summed E-state index contributed by atoms with van der Waals surface area (Å²) in [6.45, 7) is 3.98. The molecule has 2 amide bonds. The second kappa shape index (κ2) is 13.8. The van der Waals surface area contributed by atoms with Crippen LogP contribution in [0.2, 0.25) is 5.02 Å². The van der Waals surface area contributed by atoms with Crippen molar-refractivity contribution in [1.82, 2.24) is 10.2 Å². The van der Waals surface area contributed by atoms with Crippen LogP contribution >= 0.6 is 11.6 Å². The molecular formula is C25H33ClN2O3. The molecular weight excluding hydrogens is 412 g/mol. The smallest absolute Gasteiger partial charge is 0.249 e. The molecule has 168 valence electrons. The summed E-state index contributed by atoms with van der Waals surface area (Å²) in [5.74, 6) is -0.291. The standard InChI is InChI=1S/C25H33ClN2O3/c1-3-4-8-16-28(17-9-18-31-2)25(30)24(21-12-14-22(26)15-13-21)27-23(29)19-20-10-6-5-7-11-20/h5-7,10-15,24H,3-4,8-9,16-19H2,1-2H3,(H,27,29)/t24-/m1/s1. The Hall–Kier alpha value is -2.37. The van der Waals surface area contributed by atoms with Crippen LogP contribution in [0, 0.1) is 0 Å². The molecule has 0 aliphatic rings. The van der Waals surface area contributed by atoms with Gasteiger partial charge in [0, 0.05) is 31.8 Å². The van der Waals surface area contributed by atoms with Gasteiger partial charge in [-0.25, -0.2) is 0 Å². The first-order valence-electron chi connectivity index (χ1n) is 10.9. The van der Waals surface area contributed by atoms with E-state index in [0.717, 1.165) is 36.8 Å². The highest BCUT2D eigenvalue weighted by Crippen LogP contribution is 2.20. The lowest BCUT2D eigenvalue weighted by atomic mass is 10.0. The lowest BCUT2D eigenvalue weighted by Crippen LogP contribution is -2.44. The average molecular weight is 445 g/mol. The molecule has 5 nitrogen and oxygen atoms in total. The van der Waals surface area contributed by atoms with Crippen LogP contribution < -0.4 is 5.32 Å². The van der Waals surface area contributed by atoms with Gasteiger partial charge in [-0.2, -0.15) is 0 Å². The van der Waals surface area contributed by atoms with E-state index in [1.54, 1.807) is 31.4 Å². The van der Waals surface area contributed by atoms with Crippen molar-refractivity contribution in [3.8, 4) is 0 Å².